The van der Waals surface area contributed by atoms with Crippen LogP contribution >= 0.6 is 0 Å². The summed E-state index contributed by atoms with van der Waals surface area (Å²) in [7, 11) is 0. The molecule has 1 heterocycles. The molecule has 1 aliphatic rings. The van der Waals surface area contributed by atoms with Crippen molar-refractivity contribution < 1.29 is 10.2 Å². The molecule has 1 unspecified atom stereocenters. The molecule has 2 rings (SSSR count). The standard InChI is InChI=1S/C9H11NO2/c11-8-3-1-2-6-7(8)4-10-5-9(6)12/h1-3,9-12H,4-5H2. The molecule has 0 bridgehead atoms. The van der Waals surface area contributed by atoms with Gasteiger partial charge in [0.25, 0.3) is 0 Å². The van der Waals surface area contributed by atoms with Crippen LogP contribution in [-0.2, 0) is 6.54 Å². The molecule has 3 N–H and O–H groups in total. The number of hydrogen-bond donors (Lipinski definition) is 3. The Morgan fingerprint density at radius 1 is 1.42 bits per heavy atom. The van der Waals surface area contributed by atoms with Crippen molar-refractivity contribution >= 4 is 0 Å². The van der Waals surface area contributed by atoms with E-state index >= 15 is 0 Å². The Balaban J connectivity index is 2.52. The molecule has 0 saturated carbocycles. The van der Waals surface area contributed by atoms with Gasteiger partial charge in [0, 0.05) is 18.7 Å². The summed E-state index contributed by atoms with van der Waals surface area (Å²) >= 11 is 0. The van der Waals surface area contributed by atoms with Crippen molar-refractivity contribution in [3.8, 4) is 5.75 Å². The molecule has 0 aromatic heterocycles. The molecule has 3 nitrogen and oxygen atoms in total. The number of aliphatic hydroxyl groups is 1. The van der Waals surface area contributed by atoms with E-state index in [0.29, 0.717) is 13.1 Å². The van der Waals surface area contributed by atoms with E-state index in [1.165, 1.54) is 0 Å². The van der Waals surface area contributed by atoms with Gasteiger partial charge in [0.1, 0.15) is 5.75 Å². The molecule has 1 aromatic carbocycles. The maximum atomic E-state index is 9.51. The Bertz CT molecular complexity index is 299. The van der Waals surface area contributed by atoms with Crippen LogP contribution < -0.4 is 5.32 Å². The van der Waals surface area contributed by atoms with Crippen LogP contribution in [0.25, 0.3) is 0 Å². The largest absolute Gasteiger partial charge is 0.508 e. The Hall–Kier alpha value is -1.06. The average Bonchev–Trinajstić information content (AvgIpc) is 2.07. The van der Waals surface area contributed by atoms with Gasteiger partial charge in [-0.1, -0.05) is 12.1 Å². The van der Waals surface area contributed by atoms with Gasteiger partial charge in [-0.25, -0.2) is 0 Å². The van der Waals surface area contributed by atoms with Crippen molar-refractivity contribution in [2.45, 2.75) is 12.6 Å². The first-order valence-electron chi connectivity index (χ1n) is 3.98. The maximum Gasteiger partial charge on any atom is 0.120 e. The summed E-state index contributed by atoms with van der Waals surface area (Å²) in [5, 5.41) is 22.0. The highest BCUT2D eigenvalue weighted by Crippen LogP contribution is 2.28. The van der Waals surface area contributed by atoms with E-state index in [0.717, 1.165) is 11.1 Å². The van der Waals surface area contributed by atoms with Crippen LogP contribution in [0.3, 0.4) is 0 Å². The summed E-state index contributed by atoms with van der Waals surface area (Å²) in [6.45, 7) is 1.20. The van der Waals surface area contributed by atoms with Crippen LogP contribution in [0.5, 0.6) is 5.75 Å². The lowest BCUT2D eigenvalue weighted by Crippen LogP contribution is -2.27. The third-order valence-electron chi connectivity index (χ3n) is 2.19. The van der Waals surface area contributed by atoms with Gasteiger partial charge < -0.3 is 15.5 Å². The zero-order valence-corrected chi connectivity index (χ0v) is 6.62. The lowest BCUT2D eigenvalue weighted by molar-refractivity contribution is 0.164. The molecule has 0 aliphatic carbocycles. The zero-order valence-electron chi connectivity index (χ0n) is 6.62. The van der Waals surface area contributed by atoms with Crippen LogP contribution in [0.15, 0.2) is 18.2 Å². The molecule has 0 saturated heterocycles. The van der Waals surface area contributed by atoms with Crippen molar-refractivity contribution in [2.24, 2.45) is 0 Å². The first-order valence-corrected chi connectivity index (χ1v) is 3.98. The second-order valence-corrected chi connectivity index (χ2v) is 2.99. The fourth-order valence-corrected chi connectivity index (χ4v) is 1.54. The van der Waals surface area contributed by atoms with E-state index in [1.54, 1.807) is 12.1 Å². The minimum Gasteiger partial charge on any atom is -0.508 e. The van der Waals surface area contributed by atoms with Crippen LogP contribution in [0.1, 0.15) is 17.2 Å². The second-order valence-electron chi connectivity index (χ2n) is 2.99. The molecule has 1 aliphatic heterocycles. The van der Waals surface area contributed by atoms with Gasteiger partial charge in [0.15, 0.2) is 0 Å². The van der Waals surface area contributed by atoms with Gasteiger partial charge in [0.2, 0.25) is 0 Å². The second kappa shape index (κ2) is 2.77. The van der Waals surface area contributed by atoms with E-state index in [9.17, 15) is 10.2 Å². The zero-order chi connectivity index (χ0) is 8.55. The lowest BCUT2D eigenvalue weighted by Gasteiger charge is -2.22. The minimum atomic E-state index is -0.485. The number of hydrogen-bond acceptors (Lipinski definition) is 3. The van der Waals surface area contributed by atoms with Crippen molar-refractivity contribution in [2.75, 3.05) is 6.54 Å². The molecule has 0 fully saturated rings. The van der Waals surface area contributed by atoms with Gasteiger partial charge in [-0.3, -0.25) is 0 Å². The highest BCUT2D eigenvalue weighted by Gasteiger charge is 2.18. The van der Waals surface area contributed by atoms with E-state index in [2.05, 4.69) is 5.32 Å². The number of nitrogens with one attached hydrogen (secondary N) is 1. The Morgan fingerprint density at radius 3 is 3.00 bits per heavy atom. The third-order valence-corrected chi connectivity index (χ3v) is 2.19. The van der Waals surface area contributed by atoms with Crippen molar-refractivity contribution in [3.05, 3.63) is 29.3 Å². The van der Waals surface area contributed by atoms with Crippen molar-refractivity contribution in [1.29, 1.82) is 0 Å². The number of rotatable bonds is 0. The predicted octanol–water partition coefficient (Wildman–Crippen LogP) is 0.529. The van der Waals surface area contributed by atoms with Gasteiger partial charge in [0.05, 0.1) is 6.10 Å². The summed E-state index contributed by atoms with van der Waals surface area (Å²) in [4.78, 5) is 0. The Labute approximate surface area is 70.7 Å². The predicted molar refractivity (Wildman–Crippen MR) is 44.8 cm³/mol. The fraction of sp³-hybridized carbons (Fsp3) is 0.333. The summed E-state index contributed by atoms with van der Waals surface area (Å²) in [6, 6.07) is 5.24. The molecule has 1 aromatic rings. The van der Waals surface area contributed by atoms with Gasteiger partial charge in [-0.05, 0) is 11.6 Å². The molecule has 3 heteroatoms. The lowest BCUT2D eigenvalue weighted by atomic mass is 9.98. The van der Waals surface area contributed by atoms with Gasteiger partial charge in [-0.2, -0.15) is 0 Å². The van der Waals surface area contributed by atoms with E-state index in [4.69, 9.17) is 0 Å². The molecule has 12 heavy (non-hydrogen) atoms. The minimum absolute atomic E-state index is 0.263. The number of phenolic OH excluding ortho intramolecular Hbond substituents is 1. The van der Waals surface area contributed by atoms with E-state index < -0.39 is 6.10 Å². The number of phenols is 1. The first kappa shape index (κ1) is 7.58. The number of aromatic hydroxyl groups is 1. The van der Waals surface area contributed by atoms with Crippen LogP contribution in [-0.4, -0.2) is 16.8 Å². The smallest absolute Gasteiger partial charge is 0.120 e. The van der Waals surface area contributed by atoms with Crippen molar-refractivity contribution in [1.82, 2.24) is 5.32 Å². The normalized spacial score (nSPS) is 21.9. The Morgan fingerprint density at radius 2 is 2.25 bits per heavy atom. The van der Waals surface area contributed by atoms with Crippen molar-refractivity contribution in [3.63, 3.8) is 0 Å². The highest BCUT2D eigenvalue weighted by molar-refractivity contribution is 5.41. The SMILES string of the molecule is Oc1cccc2c1CNCC2O. The molecule has 64 valence electrons. The van der Waals surface area contributed by atoms with Crippen LogP contribution in [0.4, 0.5) is 0 Å². The number of β-amino-alcohol motifs (C(OH)–C–C–N with tert-alkyl or cyclic N) is 1. The quantitative estimate of drug-likeness (QED) is 0.525. The van der Waals surface area contributed by atoms with Crippen LogP contribution in [0, 0.1) is 0 Å². The molecule has 1 atom stereocenters. The average molecular weight is 165 g/mol. The fourth-order valence-electron chi connectivity index (χ4n) is 1.54. The van der Waals surface area contributed by atoms with Gasteiger partial charge in [-0.15, -0.1) is 0 Å². The Kier molecular flexibility index (Phi) is 1.75. The summed E-state index contributed by atoms with van der Waals surface area (Å²) in [5.41, 5.74) is 1.66. The summed E-state index contributed by atoms with van der Waals surface area (Å²) in [6.07, 6.45) is -0.485. The maximum absolute atomic E-state index is 9.51. The molecule has 0 spiro atoms. The number of benzene rings is 1. The summed E-state index contributed by atoms with van der Waals surface area (Å²) < 4.78 is 0. The monoisotopic (exact) mass is 165 g/mol. The third kappa shape index (κ3) is 1.07. The highest BCUT2D eigenvalue weighted by atomic mass is 16.3. The van der Waals surface area contributed by atoms with Crippen LogP contribution in [0.2, 0.25) is 0 Å². The molecular formula is C9H11NO2. The topological polar surface area (TPSA) is 52.5 Å². The number of aliphatic hydroxyl groups excluding tert-OH is 1. The molecular weight excluding hydrogens is 154 g/mol. The van der Waals surface area contributed by atoms with E-state index in [-0.39, 0.29) is 5.75 Å². The summed E-state index contributed by atoms with van der Waals surface area (Å²) in [5.74, 6) is 0.263. The molecule has 0 radical (unpaired) electrons. The number of fused-ring (bicyclic) bond motifs is 1. The first-order chi connectivity index (χ1) is 5.79. The molecule has 0 amide bonds. The van der Waals surface area contributed by atoms with E-state index in [1.807, 2.05) is 6.07 Å². The van der Waals surface area contributed by atoms with Gasteiger partial charge >= 0.3 is 0 Å².